The number of rotatable bonds is 2. The average Bonchev–Trinajstić information content (AvgIpc) is 2.41. The van der Waals surface area contributed by atoms with Gasteiger partial charge in [-0.3, -0.25) is 4.98 Å². The second-order valence-corrected chi connectivity index (χ2v) is 3.83. The molecular weight excluding hydrogens is 192 g/mol. The molecule has 82 valence electrons. The summed E-state index contributed by atoms with van der Waals surface area (Å²) in [6, 6.07) is 0.348. The maximum atomic E-state index is 5.49. The summed E-state index contributed by atoms with van der Waals surface area (Å²) < 4.78 is 5.49. The fraction of sp³-hybridized carbons (Fsp3) is 0.600. The van der Waals surface area contributed by atoms with E-state index in [1.807, 2.05) is 0 Å². The Morgan fingerprint density at radius 2 is 2.40 bits per heavy atom. The number of aromatic nitrogens is 2. The molecule has 0 aliphatic carbocycles. The van der Waals surface area contributed by atoms with Crippen molar-refractivity contribution < 1.29 is 4.74 Å². The molecule has 2 heterocycles. The molecule has 0 saturated heterocycles. The minimum atomic E-state index is 0.348. The van der Waals surface area contributed by atoms with Crippen LogP contribution in [0.5, 0.6) is 5.88 Å². The average molecular weight is 208 g/mol. The number of hydrogen-bond acceptors (Lipinski definition) is 5. The maximum Gasteiger partial charge on any atom is 0.239 e. The standard InChI is InChI=1S/C10H16N4O/c1-7(2)13-9-6-12-8-5-11-3-4-15-10(8)14-9/h6-7,11H,3-5H2,1-2H3,(H,13,14). The predicted molar refractivity (Wildman–Crippen MR) is 58.0 cm³/mol. The van der Waals surface area contributed by atoms with E-state index in [1.54, 1.807) is 6.20 Å². The van der Waals surface area contributed by atoms with Gasteiger partial charge in [0.25, 0.3) is 0 Å². The Labute approximate surface area is 89.3 Å². The van der Waals surface area contributed by atoms with E-state index < -0.39 is 0 Å². The summed E-state index contributed by atoms with van der Waals surface area (Å²) in [5, 5.41) is 6.42. The molecule has 15 heavy (non-hydrogen) atoms. The van der Waals surface area contributed by atoms with Crippen molar-refractivity contribution in [1.82, 2.24) is 15.3 Å². The van der Waals surface area contributed by atoms with Gasteiger partial charge in [0.15, 0.2) is 0 Å². The SMILES string of the molecule is CC(C)Nc1cnc2c(n1)OCCNC2. The van der Waals surface area contributed by atoms with Gasteiger partial charge in [0, 0.05) is 19.1 Å². The van der Waals surface area contributed by atoms with Gasteiger partial charge in [-0.15, -0.1) is 0 Å². The first-order chi connectivity index (χ1) is 7.25. The summed E-state index contributed by atoms with van der Waals surface area (Å²) >= 11 is 0. The molecule has 0 atom stereocenters. The van der Waals surface area contributed by atoms with E-state index in [1.165, 1.54) is 0 Å². The molecule has 0 radical (unpaired) electrons. The molecule has 0 aromatic carbocycles. The van der Waals surface area contributed by atoms with E-state index in [2.05, 4.69) is 34.4 Å². The van der Waals surface area contributed by atoms with Gasteiger partial charge in [-0.05, 0) is 13.8 Å². The summed E-state index contributed by atoms with van der Waals surface area (Å²) in [6.07, 6.45) is 1.75. The molecule has 1 aliphatic rings. The van der Waals surface area contributed by atoms with Crippen molar-refractivity contribution in [3.63, 3.8) is 0 Å². The summed E-state index contributed by atoms with van der Waals surface area (Å²) in [4.78, 5) is 8.70. The summed E-state index contributed by atoms with van der Waals surface area (Å²) in [7, 11) is 0. The third kappa shape index (κ3) is 2.56. The van der Waals surface area contributed by atoms with Crippen LogP contribution in [-0.2, 0) is 6.54 Å². The first-order valence-corrected chi connectivity index (χ1v) is 5.21. The van der Waals surface area contributed by atoms with E-state index in [0.717, 1.165) is 24.6 Å². The van der Waals surface area contributed by atoms with Crippen LogP contribution in [0.15, 0.2) is 6.20 Å². The third-order valence-electron chi connectivity index (χ3n) is 2.06. The molecule has 0 unspecified atom stereocenters. The fourth-order valence-electron chi connectivity index (χ4n) is 1.43. The van der Waals surface area contributed by atoms with Crippen LogP contribution in [0.3, 0.4) is 0 Å². The third-order valence-corrected chi connectivity index (χ3v) is 2.06. The number of hydrogen-bond donors (Lipinski definition) is 2. The lowest BCUT2D eigenvalue weighted by atomic mass is 10.4. The van der Waals surface area contributed by atoms with Crippen LogP contribution in [0.2, 0.25) is 0 Å². The molecule has 2 rings (SSSR count). The lowest BCUT2D eigenvalue weighted by Gasteiger charge is -2.11. The number of anilines is 1. The molecule has 0 bridgehead atoms. The van der Waals surface area contributed by atoms with Crippen molar-refractivity contribution in [3.05, 3.63) is 11.9 Å². The zero-order valence-electron chi connectivity index (χ0n) is 9.08. The van der Waals surface area contributed by atoms with Crippen molar-refractivity contribution in [1.29, 1.82) is 0 Å². The first kappa shape index (κ1) is 10.2. The quantitative estimate of drug-likeness (QED) is 0.752. The molecule has 2 N–H and O–H groups in total. The topological polar surface area (TPSA) is 59.1 Å². The van der Waals surface area contributed by atoms with E-state index in [9.17, 15) is 0 Å². The molecule has 1 aromatic rings. The second-order valence-electron chi connectivity index (χ2n) is 3.83. The normalized spacial score (nSPS) is 15.4. The van der Waals surface area contributed by atoms with E-state index in [-0.39, 0.29) is 0 Å². The van der Waals surface area contributed by atoms with Gasteiger partial charge >= 0.3 is 0 Å². The number of nitrogens with zero attached hydrogens (tertiary/aromatic N) is 2. The minimum Gasteiger partial charge on any atom is -0.475 e. The zero-order valence-corrected chi connectivity index (χ0v) is 9.08. The summed E-state index contributed by atoms with van der Waals surface area (Å²) in [5.74, 6) is 1.41. The van der Waals surface area contributed by atoms with Gasteiger partial charge in [-0.1, -0.05) is 0 Å². The lowest BCUT2D eigenvalue weighted by Crippen LogP contribution is -2.16. The number of ether oxygens (including phenoxy) is 1. The van der Waals surface area contributed by atoms with Crippen molar-refractivity contribution in [2.24, 2.45) is 0 Å². The highest BCUT2D eigenvalue weighted by atomic mass is 16.5. The van der Waals surface area contributed by atoms with Crippen LogP contribution in [0.4, 0.5) is 5.82 Å². The minimum absolute atomic E-state index is 0.348. The smallest absolute Gasteiger partial charge is 0.239 e. The Hall–Kier alpha value is -1.36. The first-order valence-electron chi connectivity index (χ1n) is 5.21. The second kappa shape index (κ2) is 4.44. The number of fused-ring (bicyclic) bond motifs is 1. The van der Waals surface area contributed by atoms with Gasteiger partial charge in [0.05, 0.1) is 6.20 Å². The highest BCUT2D eigenvalue weighted by Crippen LogP contribution is 2.17. The van der Waals surface area contributed by atoms with Crippen LogP contribution in [0, 0.1) is 0 Å². The van der Waals surface area contributed by atoms with Crippen molar-refractivity contribution in [2.45, 2.75) is 26.4 Å². The van der Waals surface area contributed by atoms with Gasteiger partial charge in [0.2, 0.25) is 5.88 Å². The maximum absolute atomic E-state index is 5.49. The molecule has 5 heteroatoms. The highest BCUT2D eigenvalue weighted by Gasteiger charge is 2.12. The van der Waals surface area contributed by atoms with Crippen LogP contribution >= 0.6 is 0 Å². The predicted octanol–water partition coefficient (Wildman–Crippen LogP) is 0.779. The summed E-state index contributed by atoms with van der Waals surface area (Å²) in [6.45, 7) is 6.34. The largest absolute Gasteiger partial charge is 0.475 e. The van der Waals surface area contributed by atoms with Gasteiger partial charge in [-0.2, -0.15) is 4.98 Å². The van der Waals surface area contributed by atoms with Gasteiger partial charge < -0.3 is 15.4 Å². The van der Waals surface area contributed by atoms with E-state index >= 15 is 0 Å². The van der Waals surface area contributed by atoms with Crippen molar-refractivity contribution in [3.8, 4) is 5.88 Å². The highest BCUT2D eigenvalue weighted by molar-refractivity contribution is 5.37. The Morgan fingerprint density at radius 1 is 1.53 bits per heavy atom. The Bertz CT molecular complexity index is 340. The van der Waals surface area contributed by atoms with Crippen molar-refractivity contribution >= 4 is 5.82 Å². The van der Waals surface area contributed by atoms with E-state index in [0.29, 0.717) is 18.5 Å². The van der Waals surface area contributed by atoms with Crippen LogP contribution in [0.1, 0.15) is 19.5 Å². The van der Waals surface area contributed by atoms with Gasteiger partial charge in [-0.25, -0.2) is 0 Å². The Balaban J connectivity index is 2.20. The van der Waals surface area contributed by atoms with Crippen LogP contribution < -0.4 is 15.4 Å². The molecule has 0 amide bonds. The van der Waals surface area contributed by atoms with Gasteiger partial charge in [0.1, 0.15) is 18.1 Å². The molecule has 1 aliphatic heterocycles. The molecule has 5 nitrogen and oxygen atoms in total. The number of nitrogens with one attached hydrogen (secondary N) is 2. The van der Waals surface area contributed by atoms with E-state index in [4.69, 9.17) is 4.74 Å². The molecular formula is C10H16N4O. The van der Waals surface area contributed by atoms with Crippen LogP contribution in [-0.4, -0.2) is 29.2 Å². The fourth-order valence-corrected chi connectivity index (χ4v) is 1.43. The molecule has 0 spiro atoms. The molecule has 0 fully saturated rings. The molecule has 1 aromatic heterocycles. The lowest BCUT2D eigenvalue weighted by molar-refractivity contribution is 0.313. The van der Waals surface area contributed by atoms with Crippen molar-refractivity contribution in [2.75, 3.05) is 18.5 Å². The monoisotopic (exact) mass is 208 g/mol. The summed E-state index contributed by atoms with van der Waals surface area (Å²) in [5.41, 5.74) is 0.877. The molecule has 0 saturated carbocycles. The van der Waals surface area contributed by atoms with Crippen LogP contribution in [0.25, 0.3) is 0 Å². The Morgan fingerprint density at radius 3 is 3.20 bits per heavy atom. The zero-order chi connectivity index (χ0) is 10.7. The Kier molecular flexibility index (Phi) is 3.01.